The molecule has 1 aromatic carbocycles. The molecule has 0 bridgehead atoms. The van der Waals surface area contributed by atoms with Gasteiger partial charge < -0.3 is 19.5 Å². The van der Waals surface area contributed by atoms with Crippen LogP contribution in [0.3, 0.4) is 0 Å². The number of carbonyl (C=O) groups excluding carboxylic acids is 1. The number of aryl methyl sites for hydroxylation is 2. The average molecular weight is 401 g/mol. The number of hydrogen-bond donors (Lipinski definition) is 2. The van der Waals surface area contributed by atoms with Gasteiger partial charge in [0.15, 0.2) is 12.0 Å². The highest BCUT2D eigenvalue weighted by Crippen LogP contribution is 2.41. The van der Waals surface area contributed by atoms with Gasteiger partial charge in [-0.3, -0.25) is 5.32 Å². The molecule has 2 saturated heterocycles. The van der Waals surface area contributed by atoms with Crippen LogP contribution >= 0.6 is 0 Å². The maximum atomic E-state index is 13.0. The Bertz CT molecular complexity index is 757. The molecular weight excluding hydrogens is 368 g/mol. The number of benzene rings is 1. The fourth-order valence-corrected chi connectivity index (χ4v) is 5.68. The van der Waals surface area contributed by atoms with Crippen LogP contribution in [-0.4, -0.2) is 44.3 Å². The van der Waals surface area contributed by atoms with E-state index in [1.54, 1.807) is 0 Å². The Morgan fingerprint density at radius 3 is 2.52 bits per heavy atom. The van der Waals surface area contributed by atoms with Gasteiger partial charge in [0, 0.05) is 31.4 Å². The predicted molar refractivity (Wildman–Crippen MR) is 110 cm³/mol. The zero-order valence-corrected chi connectivity index (χ0v) is 17.4. The fourth-order valence-electron chi connectivity index (χ4n) is 5.68. The molecule has 0 amide bonds. The third kappa shape index (κ3) is 3.35. The van der Waals surface area contributed by atoms with Crippen molar-refractivity contribution in [2.24, 2.45) is 5.92 Å². The molecule has 5 rings (SSSR count). The number of esters is 1. The molecule has 6 nitrogen and oxygen atoms in total. The molecule has 0 spiro atoms. The molecular formula is C23H32N2O4. The van der Waals surface area contributed by atoms with Crippen LogP contribution in [0.2, 0.25) is 0 Å². The van der Waals surface area contributed by atoms with Gasteiger partial charge in [-0.2, -0.15) is 0 Å². The maximum Gasteiger partial charge on any atom is 0.340 e. The van der Waals surface area contributed by atoms with Crippen LogP contribution in [0, 0.1) is 5.92 Å². The van der Waals surface area contributed by atoms with Gasteiger partial charge in [0.2, 0.25) is 0 Å². The first-order chi connectivity index (χ1) is 14.2. The van der Waals surface area contributed by atoms with Gasteiger partial charge in [-0.15, -0.1) is 0 Å². The number of fused-ring (bicyclic) bond motifs is 2. The van der Waals surface area contributed by atoms with Crippen LogP contribution in [0.15, 0.2) is 6.07 Å². The summed E-state index contributed by atoms with van der Waals surface area (Å²) in [6.45, 7) is 4.04. The van der Waals surface area contributed by atoms with Crippen LogP contribution in [0.25, 0.3) is 0 Å². The minimum atomic E-state index is -0.932. The SMILES string of the molecule is CCOC(=O)C1(C2CCOCC2)CNC(Nc2c3c(cc4c2CCC4)CCC3)O1. The summed E-state index contributed by atoms with van der Waals surface area (Å²) in [4.78, 5) is 13.0. The third-order valence-electron chi connectivity index (χ3n) is 7.13. The van der Waals surface area contributed by atoms with Crippen molar-refractivity contribution in [2.75, 3.05) is 31.7 Å². The van der Waals surface area contributed by atoms with E-state index < -0.39 is 5.60 Å². The quantitative estimate of drug-likeness (QED) is 0.741. The molecule has 2 unspecified atom stereocenters. The van der Waals surface area contributed by atoms with E-state index in [0.717, 1.165) is 25.7 Å². The Kier molecular flexibility index (Phi) is 5.26. The Balaban J connectivity index is 1.41. The van der Waals surface area contributed by atoms with E-state index in [4.69, 9.17) is 14.2 Å². The van der Waals surface area contributed by atoms with Gasteiger partial charge in [0.05, 0.1) is 6.61 Å². The highest BCUT2D eigenvalue weighted by molar-refractivity contribution is 5.81. The normalized spacial score (nSPS) is 28.9. The minimum Gasteiger partial charge on any atom is -0.464 e. The highest BCUT2D eigenvalue weighted by atomic mass is 16.6. The zero-order chi connectivity index (χ0) is 19.8. The second-order valence-electron chi connectivity index (χ2n) is 8.75. The largest absolute Gasteiger partial charge is 0.464 e. The summed E-state index contributed by atoms with van der Waals surface area (Å²) >= 11 is 0. The Hall–Kier alpha value is -1.63. The number of nitrogens with one attached hydrogen (secondary N) is 2. The molecule has 0 radical (unpaired) electrons. The Morgan fingerprint density at radius 1 is 1.17 bits per heavy atom. The van der Waals surface area contributed by atoms with E-state index in [-0.39, 0.29) is 18.2 Å². The number of rotatable bonds is 5. The van der Waals surface area contributed by atoms with Gasteiger partial charge in [0.25, 0.3) is 0 Å². The zero-order valence-electron chi connectivity index (χ0n) is 17.4. The Labute approximate surface area is 172 Å². The average Bonchev–Trinajstić information content (AvgIpc) is 3.48. The van der Waals surface area contributed by atoms with Gasteiger partial charge in [-0.1, -0.05) is 6.07 Å². The van der Waals surface area contributed by atoms with Crippen LogP contribution < -0.4 is 10.6 Å². The first-order valence-electron chi connectivity index (χ1n) is 11.3. The lowest BCUT2D eigenvalue weighted by Gasteiger charge is -2.36. The molecule has 2 aliphatic heterocycles. The lowest BCUT2D eigenvalue weighted by Crippen LogP contribution is -2.52. The second-order valence-corrected chi connectivity index (χ2v) is 8.75. The van der Waals surface area contributed by atoms with Crippen molar-refractivity contribution < 1.29 is 19.0 Å². The molecule has 2 aliphatic carbocycles. The van der Waals surface area contributed by atoms with Crippen molar-refractivity contribution in [1.82, 2.24) is 5.32 Å². The van der Waals surface area contributed by atoms with Crippen molar-refractivity contribution >= 4 is 11.7 Å². The van der Waals surface area contributed by atoms with Crippen LogP contribution in [0.4, 0.5) is 5.69 Å². The molecule has 2 fully saturated rings. The number of ether oxygens (including phenoxy) is 3. The first-order valence-corrected chi connectivity index (χ1v) is 11.3. The van der Waals surface area contributed by atoms with E-state index >= 15 is 0 Å². The summed E-state index contributed by atoms with van der Waals surface area (Å²) in [5.74, 6) is -0.131. The van der Waals surface area contributed by atoms with Gasteiger partial charge in [-0.25, -0.2) is 4.79 Å². The molecule has 4 aliphatic rings. The highest BCUT2D eigenvalue weighted by Gasteiger charge is 2.54. The summed E-state index contributed by atoms with van der Waals surface area (Å²) in [6, 6.07) is 2.43. The molecule has 6 heteroatoms. The third-order valence-corrected chi connectivity index (χ3v) is 7.13. The molecule has 0 saturated carbocycles. The van der Waals surface area contributed by atoms with E-state index in [1.165, 1.54) is 53.6 Å². The smallest absolute Gasteiger partial charge is 0.340 e. The van der Waals surface area contributed by atoms with Crippen molar-refractivity contribution in [2.45, 2.75) is 70.2 Å². The number of anilines is 1. The van der Waals surface area contributed by atoms with E-state index in [2.05, 4.69) is 16.7 Å². The summed E-state index contributed by atoms with van der Waals surface area (Å²) < 4.78 is 17.5. The molecule has 2 heterocycles. The summed E-state index contributed by atoms with van der Waals surface area (Å²) in [5.41, 5.74) is 6.22. The lowest BCUT2D eigenvalue weighted by atomic mass is 9.82. The van der Waals surface area contributed by atoms with Crippen molar-refractivity contribution in [1.29, 1.82) is 0 Å². The van der Waals surface area contributed by atoms with Crippen molar-refractivity contribution in [3.05, 3.63) is 28.3 Å². The summed E-state index contributed by atoms with van der Waals surface area (Å²) in [6.07, 6.45) is 8.31. The molecule has 158 valence electrons. The second kappa shape index (κ2) is 7.89. The molecule has 1 aromatic rings. The summed E-state index contributed by atoms with van der Waals surface area (Å²) in [5, 5.41) is 7.10. The van der Waals surface area contributed by atoms with Crippen LogP contribution in [-0.2, 0) is 44.7 Å². The van der Waals surface area contributed by atoms with Crippen LogP contribution in [0.5, 0.6) is 0 Å². The van der Waals surface area contributed by atoms with Crippen LogP contribution in [0.1, 0.15) is 54.9 Å². The van der Waals surface area contributed by atoms with Gasteiger partial charge in [0.1, 0.15) is 0 Å². The Morgan fingerprint density at radius 2 is 1.86 bits per heavy atom. The number of hydrogen-bond acceptors (Lipinski definition) is 6. The lowest BCUT2D eigenvalue weighted by molar-refractivity contribution is -0.180. The first kappa shape index (κ1) is 19.3. The maximum absolute atomic E-state index is 13.0. The van der Waals surface area contributed by atoms with E-state index in [9.17, 15) is 4.79 Å². The van der Waals surface area contributed by atoms with E-state index in [0.29, 0.717) is 26.4 Å². The predicted octanol–water partition coefficient (Wildman–Crippen LogP) is 2.71. The van der Waals surface area contributed by atoms with Gasteiger partial charge >= 0.3 is 5.97 Å². The van der Waals surface area contributed by atoms with E-state index in [1.807, 2.05) is 6.92 Å². The molecule has 2 N–H and O–H groups in total. The van der Waals surface area contributed by atoms with Crippen molar-refractivity contribution in [3.8, 4) is 0 Å². The molecule has 0 aromatic heterocycles. The minimum absolute atomic E-state index is 0.113. The van der Waals surface area contributed by atoms with Crippen molar-refractivity contribution in [3.63, 3.8) is 0 Å². The standard InChI is InChI=1S/C23H32N2O4/c1-2-28-21(26)23(17-9-11-27-12-10-17)14-24-22(29-23)25-20-18-7-3-5-15(18)13-16-6-4-8-19(16)20/h13,17,22,24-25H,2-12,14H2,1H3. The summed E-state index contributed by atoms with van der Waals surface area (Å²) in [7, 11) is 0. The fraction of sp³-hybridized carbons (Fsp3) is 0.696. The number of carbonyl (C=O) groups is 1. The monoisotopic (exact) mass is 400 g/mol. The van der Waals surface area contributed by atoms with Gasteiger partial charge in [-0.05, 0) is 80.5 Å². The molecule has 29 heavy (non-hydrogen) atoms. The molecule has 2 atom stereocenters. The topological polar surface area (TPSA) is 68.8 Å².